The molecule has 0 bridgehead atoms. The zero-order chi connectivity index (χ0) is 10.9. The third-order valence-corrected chi connectivity index (χ3v) is 2.29. The van der Waals surface area contributed by atoms with Gasteiger partial charge in [-0.3, -0.25) is 4.79 Å². The van der Waals surface area contributed by atoms with Crippen molar-refractivity contribution in [2.75, 3.05) is 7.11 Å². The fraction of sp³-hybridized carbons (Fsp3) is 0.222. The largest absolute Gasteiger partial charge is 0.505 e. The molecule has 76 valence electrons. The van der Waals surface area contributed by atoms with Crippen molar-refractivity contribution in [3.05, 3.63) is 21.7 Å². The number of hydrogen-bond donors (Lipinski definition) is 1. The number of hydrogen-bond acceptors (Lipinski definition) is 3. The molecule has 14 heavy (non-hydrogen) atoms. The molecule has 0 fully saturated rings. The number of phenols is 1. The number of phenolic OH excluding ortho intramolecular Hbond substituents is 1. The number of carbonyl (C=O) groups excluding carboxylic acids is 1. The minimum atomic E-state index is -0.358. The summed E-state index contributed by atoms with van der Waals surface area (Å²) in [4.78, 5) is 11.2. The van der Waals surface area contributed by atoms with Crippen molar-refractivity contribution >= 4 is 29.0 Å². The lowest BCUT2D eigenvalue weighted by Crippen LogP contribution is -1.99. The minimum absolute atomic E-state index is 0.00463. The zero-order valence-corrected chi connectivity index (χ0v) is 9.11. The lowest BCUT2D eigenvalue weighted by atomic mass is 10.1. The van der Waals surface area contributed by atoms with E-state index >= 15 is 0 Å². The van der Waals surface area contributed by atoms with Gasteiger partial charge in [-0.1, -0.05) is 23.2 Å². The first-order chi connectivity index (χ1) is 6.49. The van der Waals surface area contributed by atoms with Crippen molar-refractivity contribution < 1.29 is 14.6 Å². The van der Waals surface area contributed by atoms with Gasteiger partial charge in [0.25, 0.3) is 0 Å². The van der Waals surface area contributed by atoms with Gasteiger partial charge in [0.1, 0.15) is 11.3 Å². The van der Waals surface area contributed by atoms with Gasteiger partial charge in [0, 0.05) is 0 Å². The van der Waals surface area contributed by atoms with Crippen LogP contribution >= 0.6 is 23.2 Å². The zero-order valence-electron chi connectivity index (χ0n) is 7.60. The highest BCUT2D eigenvalue weighted by Crippen LogP contribution is 2.40. The normalized spacial score (nSPS) is 10.0. The molecule has 0 aliphatic heterocycles. The van der Waals surface area contributed by atoms with Crippen LogP contribution in [0, 0.1) is 0 Å². The van der Waals surface area contributed by atoms with Crippen LogP contribution in [-0.4, -0.2) is 18.0 Å². The molecule has 3 nitrogen and oxygen atoms in total. The van der Waals surface area contributed by atoms with E-state index in [1.807, 2.05) is 0 Å². The molecule has 0 aromatic heterocycles. The Morgan fingerprint density at radius 3 is 2.43 bits per heavy atom. The third kappa shape index (κ3) is 1.79. The third-order valence-electron chi connectivity index (χ3n) is 1.72. The summed E-state index contributed by atoms with van der Waals surface area (Å²) in [6.07, 6.45) is 0. The highest BCUT2D eigenvalue weighted by molar-refractivity contribution is 6.37. The predicted molar refractivity (Wildman–Crippen MR) is 54.7 cm³/mol. The van der Waals surface area contributed by atoms with Gasteiger partial charge in [-0.05, 0) is 13.0 Å². The molecular weight excluding hydrogens is 227 g/mol. The fourth-order valence-electron chi connectivity index (χ4n) is 1.12. The molecule has 0 radical (unpaired) electrons. The fourth-order valence-corrected chi connectivity index (χ4v) is 1.66. The Morgan fingerprint density at radius 2 is 2.00 bits per heavy atom. The number of aromatic hydroxyl groups is 1. The molecule has 0 amide bonds. The quantitative estimate of drug-likeness (QED) is 0.801. The molecule has 0 aliphatic carbocycles. The van der Waals surface area contributed by atoms with Crippen LogP contribution in [-0.2, 0) is 0 Å². The number of ketones is 1. The van der Waals surface area contributed by atoms with Gasteiger partial charge < -0.3 is 9.84 Å². The molecule has 5 heteroatoms. The summed E-state index contributed by atoms with van der Waals surface area (Å²) >= 11 is 11.4. The van der Waals surface area contributed by atoms with E-state index in [0.29, 0.717) is 0 Å². The van der Waals surface area contributed by atoms with Crippen LogP contribution in [0.5, 0.6) is 11.5 Å². The van der Waals surface area contributed by atoms with Gasteiger partial charge in [-0.2, -0.15) is 0 Å². The Hall–Kier alpha value is -0.930. The molecule has 0 saturated heterocycles. The van der Waals surface area contributed by atoms with Crippen LogP contribution in [0.15, 0.2) is 6.07 Å². The molecule has 0 saturated carbocycles. The SMILES string of the molecule is COc1c(Cl)cc(Cl)c(O)c1C(C)=O. The van der Waals surface area contributed by atoms with Crippen LogP contribution in [0.2, 0.25) is 10.0 Å². The second-order valence-electron chi connectivity index (χ2n) is 2.65. The highest BCUT2D eigenvalue weighted by atomic mass is 35.5. The maximum atomic E-state index is 11.2. The van der Waals surface area contributed by atoms with Gasteiger partial charge >= 0.3 is 0 Å². The van der Waals surface area contributed by atoms with Crippen LogP contribution in [0.25, 0.3) is 0 Å². The number of carbonyl (C=O) groups is 1. The van der Waals surface area contributed by atoms with Crippen LogP contribution in [0.1, 0.15) is 17.3 Å². The molecule has 1 rings (SSSR count). The van der Waals surface area contributed by atoms with Crippen molar-refractivity contribution in [3.8, 4) is 11.5 Å². The van der Waals surface area contributed by atoms with E-state index < -0.39 is 0 Å². The Kier molecular flexibility index (Phi) is 3.24. The molecule has 0 atom stereocenters. The van der Waals surface area contributed by atoms with E-state index in [9.17, 15) is 9.90 Å². The van der Waals surface area contributed by atoms with Gasteiger partial charge in [0.2, 0.25) is 0 Å². The summed E-state index contributed by atoms with van der Waals surface area (Å²) < 4.78 is 4.90. The molecule has 1 aromatic rings. The number of rotatable bonds is 2. The Bertz CT molecular complexity index is 388. The Morgan fingerprint density at radius 1 is 1.43 bits per heavy atom. The van der Waals surface area contributed by atoms with Crippen molar-refractivity contribution in [3.63, 3.8) is 0 Å². The number of methoxy groups -OCH3 is 1. The maximum Gasteiger partial charge on any atom is 0.167 e. The van der Waals surface area contributed by atoms with E-state index in [2.05, 4.69) is 0 Å². The van der Waals surface area contributed by atoms with E-state index in [-0.39, 0.29) is 32.9 Å². The van der Waals surface area contributed by atoms with Crippen LogP contribution in [0.4, 0.5) is 0 Å². The number of Topliss-reactive ketones (excluding diaryl/α,β-unsaturated/α-hetero) is 1. The van der Waals surface area contributed by atoms with Crippen molar-refractivity contribution in [1.82, 2.24) is 0 Å². The van der Waals surface area contributed by atoms with Crippen LogP contribution in [0.3, 0.4) is 0 Å². The summed E-state index contributed by atoms with van der Waals surface area (Å²) in [5, 5.41) is 9.74. The summed E-state index contributed by atoms with van der Waals surface area (Å²) in [6, 6.07) is 1.32. The maximum absolute atomic E-state index is 11.2. The Balaban J connectivity index is 3.56. The highest BCUT2D eigenvalue weighted by Gasteiger charge is 2.19. The van der Waals surface area contributed by atoms with E-state index in [1.54, 1.807) is 0 Å². The lowest BCUT2D eigenvalue weighted by molar-refractivity contribution is 0.101. The Labute approximate surface area is 91.2 Å². The van der Waals surface area contributed by atoms with E-state index in [4.69, 9.17) is 27.9 Å². The molecule has 0 aliphatic rings. The van der Waals surface area contributed by atoms with Gasteiger partial charge in [-0.25, -0.2) is 0 Å². The second kappa shape index (κ2) is 4.07. The monoisotopic (exact) mass is 234 g/mol. The molecule has 1 aromatic carbocycles. The van der Waals surface area contributed by atoms with Crippen molar-refractivity contribution in [1.29, 1.82) is 0 Å². The first-order valence-electron chi connectivity index (χ1n) is 3.75. The first-order valence-corrected chi connectivity index (χ1v) is 4.50. The second-order valence-corrected chi connectivity index (χ2v) is 3.47. The van der Waals surface area contributed by atoms with Crippen LogP contribution < -0.4 is 4.74 Å². The van der Waals surface area contributed by atoms with Gasteiger partial charge in [0.15, 0.2) is 11.5 Å². The summed E-state index contributed by atoms with van der Waals surface area (Å²) in [7, 11) is 1.36. The summed E-state index contributed by atoms with van der Waals surface area (Å²) in [6.45, 7) is 1.30. The summed E-state index contributed by atoms with van der Waals surface area (Å²) in [5.41, 5.74) is 0.00463. The van der Waals surface area contributed by atoms with Gasteiger partial charge in [-0.15, -0.1) is 0 Å². The number of halogens is 2. The standard InChI is InChI=1S/C9H8Cl2O3/c1-4(12)7-8(13)5(10)3-6(11)9(7)14-2/h3,13H,1-2H3. The van der Waals surface area contributed by atoms with Crippen molar-refractivity contribution in [2.45, 2.75) is 6.92 Å². The van der Waals surface area contributed by atoms with E-state index in [1.165, 1.54) is 20.1 Å². The minimum Gasteiger partial charge on any atom is -0.505 e. The molecule has 0 unspecified atom stereocenters. The molecule has 0 spiro atoms. The molecule has 1 N–H and O–H groups in total. The average molecular weight is 235 g/mol. The van der Waals surface area contributed by atoms with Crippen molar-refractivity contribution in [2.24, 2.45) is 0 Å². The summed E-state index contributed by atoms with van der Waals surface area (Å²) in [5.74, 6) is -0.523. The topological polar surface area (TPSA) is 46.5 Å². The number of ether oxygens (including phenoxy) is 1. The molecule has 0 heterocycles. The predicted octanol–water partition coefficient (Wildman–Crippen LogP) is 2.91. The average Bonchev–Trinajstić information content (AvgIpc) is 2.10. The smallest absolute Gasteiger partial charge is 0.167 e. The van der Waals surface area contributed by atoms with Gasteiger partial charge in [0.05, 0.1) is 17.2 Å². The van der Waals surface area contributed by atoms with E-state index in [0.717, 1.165) is 0 Å². The number of benzene rings is 1. The first kappa shape index (κ1) is 11.1. The molecular formula is C9H8Cl2O3. The lowest BCUT2D eigenvalue weighted by Gasteiger charge is -2.10.